The molecule has 0 heterocycles. The summed E-state index contributed by atoms with van der Waals surface area (Å²) in [6.07, 6.45) is -1.08. The Morgan fingerprint density at radius 1 is 1.50 bits per heavy atom. The summed E-state index contributed by atoms with van der Waals surface area (Å²) in [4.78, 5) is 16.2. The molecule has 0 bridgehead atoms. The average molecular weight is 150 g/mol. The highest BCUT2D eigenvalue weighted by molar-refractivity contribution is 5.20. The van der Waals surface area contributed by atoms with E-state index >= 15 is 0 Å². The van der Waals surface area contributed by atoms with Gasteiger partial charge in [-0.15, -0.1) is 0 Å². The molecule has 2 nitrogen and oxygen atoms in total. The molecular weight excluding hydrogens is 142 g/mol. The fourth-order valence-corrected chi connectivity index (χ4v) is 0.702. The van der Waals surface area contributed by atoms with Crippen molar-refractivity contribution >= 4 is 6.15 Å². The molecular formula is C6H8F2O2. The van der Waals surface area contributed by atoms with E-state index in [0.29, 0.717) is 5.92 Å². The second-order valence-electron chi connectivity index (χ2n) is 2.29. The summed E-state index contributed by atoms with van der Waals surface area (Å²) >= 11 is 0. The monoisotopic (exact) mass is 150 g/mol. The molecule has 0 radical (unpaired) electrons. The molecule has 0 spiro atoms. The molecule has 58 valence electrons. The third kappa shape index (κ3) is 3.30. The van der Waals surface area contributed by atoms with Crippen LogP contribution in [0.3, 0.4) is 0 Å². The molecule has 0 amide bonds. The predicted octanol–water partition coefficient (Wildman–Crippen LogP) is 1.32. The van der Waals surface area contributed by atoms with Crippen molar-refractivity contribution in [3.63, 3.8) is 0 Å². The van der Waals surface area contributed by atoms with Gasteiger partial charge in [0.1, 0.15) is 0 Å². The maximum atomic E-state index is 11.5. The highest BCUT2D eigenvalue weighted by atomic mass is 19.3. The van der Waals surface area contributed by atoms with Gasteiger partial charge in [-0.1, -0.05) is 6.92 Å². The molecule has 0 aromatic heterocycles. The maximum Gasteiger partial charge on any atom is 0.373 e. The van der Waals surface area contributed by atoms with Gasteiger partial charge in [-0.05, 0) is 12.3 Å². The first-order valence-electron chi connectivity index (χ1n) is 2.91. The summed E-state index contributed by atoms with van der Waals surface area (Å²) in [5.74, 6) is 0.0278. The number of halogens is 2. The van der Waals surface area contributed by atoms with Crippen molar-refractivity contribution in [3.05, 3.63) is 0 Å². The van der Waals surface area contributed by atoms with Crippen LogP contribution in [0, 0.1) is 11.8 Å². The molecule has 0 aromatic carbocycles. The van der Waals surface area contributed by atoms with Crippen LogP contribution in [0.4, 0.5) is 8.78 Å². The van der Waals surface area contributed by atoms with Gasteiger partial charge in [0.05, 0.1) is 0 Å². The van der Waals surface area contributed by atoms with Gasteiger partial charge in [0, 0.05) is 5.92 Å². The molecule has 1 fully saturated rings. The molecule has 1 rings (SSSR count). The lowest BCUT2D eigenvalue weighted by atomic mass is 10.4. The minimum atomic E-state index is -2.06. The minimum absolute atomic E-state index is 0.250. The first-order chi connectivity index (χ1) is 4.63. The van der Waals surface area contributed by atoms with Crippen molar-refractivity contribution in [2.24, 2.45) is 11.8 Å². The largest absolute Gasteiger partial charge is 0.373 e. The summed E-state index contributed by atoms with van der Waals surface area (Å²) in [7, 11) is 0. The van der Waals surface area contributed by atoms with Gasteiger partial charge in [-0.2, -0.15) is 9.59 Å². The van der Waals surface area contributed by atoms with Gasteiger partial charge in [-0.3, -0.25) is 0 Å². The Labute approximate surface area is 57.2 Å². The van der Waals surface area contributed by atoms with E-state index < -0.39 is 6.43 Å². The van der Waals surface area contributed by atoms with Crippen molar-refractivity contribution in [1.29, 1.82) is 0 Å². The van der Waals surface area contributed by atoms with Crippen LogP contribution in [0.15, 0.2) is 0 Å². The fraction of sp³-hybridized carbons (Fsp3) is 0.833. The van der Waals surface area contributed by atoms with E-state index in [2.05, 4.69) is 0 Å². The second-order valence-corrected chi connectivity index (χ2v) is 2.29. The Morgan fingerprint density at radius 3 is 1.80 bits per heavy atom. The molecule has 10 heavy (non-hydrogen) atoms. The summed E-state index contributed by atoms with van der Waals surface area (Å²) < 4.78 is 22.9. The summed E-state index contributed by atoms with van der Waals surface area (Å²) in [5, 5.41) is 0. The van der Waals surface area contributed by atoms with E-state index in [0.717, 1.165) is 6.42 Å². The normalized spacial score (nSPS) is 28.4. The van der Waals surface area contributed by atoms with E-state index in [1.165, 1.54) is 0 Å². The third-order valence-electron chi connectivity index (χ3n) is 1.50. The van der Waals surface area contributed by atoms with Crippen molar-refractivity contribution in [2.45, 2.75) is 19.8 Å². The fourth-order valence-electron chi connectivity index (χ4n) is 0.702. The smallest absolute Gasteiger partial charge is 0.210 e. The number of rotatable bonds is 1. The predicted molar refractivity (Wildman–Crippen MR) is 28.3 cm³/mol. The average Bonchev–Trinajstić information content (AvgIpc) is 2.48. The Morgan fingerprint density at radius 2 is 1.80 bits per heavy atom. The molecule has 4 heteroatoms. The number of hydrogen-bond acceptors (Lipinski definition) is 2. The Bertz CT molecular complexity index is 130. The van der Waals surface area contributed by atoms with E-state index in [9.17, 15) is 8.78 Å². The van der Waals surface area contributed by atoms with Crippen LogP contribution < -0.4 is 0 Å². The van der Waals surface area contributed by atoms with E-state index in [4.69, 9.17) is 9.59 Å². The molecule has 0 N–H and O–H groups in total. The third-order valence-corrected chi connectivity index (χ3v) is 1.50. The standard InChI is InChI=1S/C5H8F2.CO2/c1-3-2-4(3)5(6)7;2-1-3/h3-5H,2H2,1H3;. The number of hydrogen-bond donors (Lipinski definition) is 0. The molecule has 1 aliphatic rings. The second kappa shape index (κ2) is 4.12. The van der Waals surface area contributed by atoms with Crippen molar-refractivity contribution in [3.8, 4) is 0 Å². The molecule has 2 atom stereocenters. The van der Waals surface area contributed by atoms with Crippen LogP contribution in [0.2, 0.25) is 0 Å². The molecule has 1 saturated carbocycles. The molecule has 2 unspecified atom stereocenters. The first-order valence-corrected chi connectivity index (χ1v) is 2.91. The Balaban J connectivity index is 0.000000236. The van der Waals surface area contributed by atoms with Crippen LogP contribution in [-0.2, 0) is 9.59 Å². The summed E-state index contributed by atoms with van der Waals surface area (Å²) in [6, 6.07) is 0. The van der Waals surface area contributed by atoms with Crippen molar-refractivity contribution in [1.82, 2.24) is 0 Å². The lowest BCUT2D eigenvalue weighted by Crippen LogP contribution is -1.92. The van der Waals surface area contributed by atoms with Gasteiger partial charge in [0.2, 0.25) is 6.43 Å². The highest BCUT2D eigenvalue weighted by Crippen LogP contribution is 2.42. The van der Waals surface area contributed by atoms with Gasteiger partial charge >= 0.3 is 6.15 Å². The maximum absolute atomic E-state index is 11.5. The van der Waals surface area contributed by atoms with Gasteiger partial charge in [0.15, 0.2) is 0 Å². The number of alkyl halides is 2. The minimum Gasteiger partial charge on any atom is -0.210 e. The molecule has 0 aliphatic heterocycles. The van der Waals surface area contributed by atoms with E-state index in [1.807, 2.05) is 6.92 Å². The molecule has 1 aliphatic carbocycles. The Hall–Kier alpha value is -0.760. The Kier molecular flexibility index (Phi) is 3.81. The van der Waals surface area contributed by atoms with E-state index in [1.54, 1.807) is 0 Å². The molecule has 0 aromatic rings. The lowest BCUT2D eigenvalue weighted by Gasteiger charge is -1.88. The lowest BCUT2D eigenvalue weighted by molar-refractivity contribution is -0.191. The number of carbonyl (C=O) groups excluding carboxylic acids is 2. The van der Waals surface area contributed by atoms with Crippen LogP contribution >= 0.6 is 0 Å². The zero-order valence-electron chi connectivity index (χ0n) is 5.51. The summed E-state index contributed by atoms with van der Waals surface area (Å²) in [6.45, 7) is 1.86. The van der Waals surface area contributed by atoms with Gasteiger partial charge < -0.3 is 0 Å². The van der Waals surface area contributed by atoms with Crippen LogP contribution in [0.5, 0.6) is 0 Å². The van der Waals surface area contributed by atoms with E-state index in [-0.39, 0.29) is 12.1 Å². The topological polar surface area (TPSA) is 34.1 Å². The van der Waals surface area contributed by atoms with Gasteiger partial charge in [0.25, 0.3) is 0 Å². The van der Waals surface area contributed by atoms with Crippen LogP contribution in [0.1, 0.15) is 13.3 Å². The zero-order chi connectivity index (χ0) is 8.15. The van der Waals surface area contributed by atoms with Crippen molar-refractivity contribution < 1.29 is 18.4 Å². The van der Waals surface area contributed by atoms with Crippen molar-refractivity contribution in [2.75, 3.05) is 0 Å². The zero-order valence-corrected chi connectivity index (χ0v) is 5.51. The SMILES string of the molecule is CC1CC1C(F)F.O=C=O. The van der Waals surface area contributed by atoms with Gasteiger partial charge in [-0.25, -0.2) is 8.78 Å². The quantitative estimate of drug-likeness (QED) is 0.565. The summed E-state index contributed by atoms with van der Waals surface area (Å²) in [5.41, 5.74) is 0. The van der Waals surface area contributed by atoms with Crippen LogP contribution in [-0.4, -0.2) is 12.6 Å². The van der Waals surface area contributed by atoms with Crippen LogP contribution in [0.25, 0.3) is 0 Å². The molecule has 0 saturated heterocycles. The highest BCUT2D eigenvalue weighted by Gasteiger charge is 2.40. The first kappa shape index (κ1) is 9.24.